The summed E-state index contributed by atoms with van der Waals surface area (Å²) < 4.78 is 0. The molecule has 0 fully saturated rings. The van der Waals surface area contributed by atoms with Gasteiger partial charge in [-0.05, 0) is 29.3 Å². The van der Waals surface area contributed by atoms with E-state index >= 15 is 0 Å². The molecule has 2 heteroatoms. The van der Waals surface area contributed by atoms with Crippen molar-refractivity contribution >= 4 is 11.3 Å². The zero-order valence-electron chi connectivity index (χ0n) is 6.37. The van der Waals surface area contributed by atoms with Gasteiger partial charge in [0.05, 0.1) is 6.10 Å². The summed E-state index contributed by atoms with van der Waals surface area (Å²) >= 11 is 1.59. The van der Waals surface area contributed by atoms with Gasteiger partial charge in [-0.1, -0.05) is 0 Å². The molecule has 0 aliphatic carbocycles. The summed E-state index contributed by atoms with van der Waals surface area (Å²) in [5.74, 6) is 5.59. The maximum absolute atomic E-state index is 9.44. The fourth-order valence-electron chi connectivity index (χ4n) is 0.781. The lowest BCUT2D eigenvalue weighted by molar-refractivity contribution is 0.184. The van der Waals surface area contributed by atoms with Gasteiger partial charge in [-0.2, -0.15) is 11.3 Å². The van der Waals surface area contributed by atoms with Gasteiger partial charge in [0.1, 0.15) is 0 Å². The first-order valence-corrected chi connectivity index (χ1v) is 4.38. The van der Waals surface area contributed by atoms with Crippen molar-refractivity contribution in [2.45, 2.75) is 19.4 Å². The van der Waals surface area contributed by atoms with Crippen LogP contribution in [-0.4, -0.2) is 5.11 Å². The van der Waals surface area contributed by atoms with Crippen LogP contribution in [0, 0.1) is 11.8 Å². The second kappa shape index (κ2) is 4.17. The Morgan fingerprint density at radius 1 is 1.73 bits per heavy atom. The highest BCUT2D eigenvalue weighted by Gasteiger charge is 2.04. The molecule has 1 nitrogen and oxygen atoms in total. The molecule has 0 radical (unpaired) electrons. The van der Waals surface area contributed by atoms with Crippen molar-refractivity contribution in [2.24, 2.45) is 0 Å². The second-order valence-corrected chi connectivity index (χ2v) is 2.98. The van der Waals surface area contributed by atoms with E-state index in [1.807, 2.05) is 16.8 Å². The first-order valence-electron chi connectivity index (χ1n) is 3.44. The van der Waals surface area contributed by atoms with Crippen LogP contribution in [0.3, 0.4) is 0 Å². The second-order valence-electron chi connectivity index (χ2n) is 2.20. The van der Waals surface area contributed by atoms with Gasteiger partial charge in [0, 0.05) is 6.42 Å². The lowest BCUT2D eigenvalue weighted by atomic mass is 10.1. The van der Waals surface area contributed by atoms with Crippen LogP contribution in [0.5, 0.6) is 0 Å². The number of thiophene rings is 1. The predicted molar refractivity (Wildman–Crippen MR) is 47.3 cm³/mol. The van der Waals surface area contributed by atoms with E-state index in [2.05, 4.69) is 11.8 Å². The maximum Gasteiger partial charge on any atom is 0.0907 e. The summed E-state index contributed by atoms with van der Waals surface area (Å²) in [5, 5.41) is 13.3. The lowest BCUT2D eigenvalue weighted by Crippen LogP contribution is -1.92. The summed E-state index contributed by atoms with van der Waals surface area (Å²) in [6.45, 7) is 1.78. The zero-order valence-corrected chi connectivity index (χ0v) is 7.19. The standard InChI is InChI=1S/C9H10OS/c1-2-3-4-9(10)8-5-6-11-7-8/h5-7,9-10H,4H2,1H3. The summed E-state index contributed by atoms with van der Waals surface area (Å²) in [4.78, 5) is 0. The van der Waals surface area contributed by atoms with Gasteiger partial charge >= 0.3 is 0 Å². The van der Waals surface area contributed by atoms with Crippen LogP contribution in [0.1, 0.15) is 25.0 Å². The van der Waals surface area contributed by atoms with Gasteiger partial charge in [-0.25, -0.2) is 0 Å². The SMILES string of the molecule is CC#CCC(O)c1ccsc1. The Hall–Kier alpha value is -0.780. The van der Waals surface area contributed by atoms with E-state index in [4.69, 9.17) is 0 Å². The molecule has 1 rings (SSSR count). The van der Waals surface area contributed by atoms with E-state index in [1.54, 1.807) is 18.3 Å². The van der Waals surface area contributed by atoms with E-state index in [0.717, 1.165) is 5.56 Å². The first-order chi connectivity index (χ1) is 5.34. The van der Waals surface area contributed by atoms with E-state index < -0.39 is 6.10 Å². The molecule has 0 aromatic carbocycles. The van der Waals surface area contributed by atoms with Crippen molar-refractivity contribution in [3.05, 3.63) is 22.4 Å². The van der Waals surface area contributed by atoms with Crippen LogP contribution in [0.2, 0.25) is 0 Å². The monoisotopic (exact) mass is 166 g/mol. The van der Waals surface area contributed by atoms with E-state index in [-0.39, 0.29) is 0 Å². The average molecular weight is 166 g/mol. The molecule has 1 aromatic rings. The van der Waals surface area contributed by atoms with Gasteiger partial charge in [0.25, 0.3) is 0 Å². The summed E-state index contributed by atoms with van der Waals surface area (Å²) in [5.41, 5.74) is 0.970. The molecule has 0 aliphatic heterocycles. The van der Waals surface area contributed by atoms with Gasteiger partial charge < -0.3 is 5.11 Å². The van der Waals surface area contributed by atoms with Gasteiger partial charge in [-0.15, -0.1) is 11.8 Å². The number of aliphatic hydroxyl groups is 1. The third kappa shape index (κ3) is 2.38. The summed E-state index contributed by atoms with van der Waals surface area (Å²) in [6, 6.07) is 1.92. The third-order valence-electron chi connectivity index (χ3n) is 1.40. The van der Waals surface area contributed by atoms with E-state index in [1.165, 1.54) is 0 Å². The quantitative estimate of drug-likeness (QED) is 0.668. The Kier molecular flexibility index (Phi) is 3.15. The van der Waals surface area contributed by atoms with Crippen LogP contribution in [0.15, 0.2) is 16.8 Å². The van der Waals surface area contributed by atoms with Crippen molar-refractivity contribution in [1.29, 1.82) is 0 Å². The summed E-state index contributed by atoms with van der Waals surface area (Å²) in [6.07, 6.45) is 0.126. The minimum absolute atomic E-state index is 0.409. The van der Waals surface area contributed by atoms with E-state index in [0.29, 0.717) is 6.42 Å². The van der Waals surface area contributed by atoms with Crippen molar-refractivity contribution in [2.75, 3.05) is 0 Å². The third-order valence-corrected chi connectivity index (χ3v) is 2.10. The normalized spacial score (nSPS) is 11.8. The van der Waals surface area contributed by atoms with Crippen molar-refractivity contribution in [1.82, 2.24) is 0 Å². The van der Waals surface area contributed by atoms with Crippen molar-refractivity contribution in [3.63, 3.8) is 0 Å². The van der Waals surface area contributed by atoms with E-state index in [9.17, 15) is 5.11 Å². The number of rotatable bonds is 2. The van der Waals surface area contributed by atoms with Gasteiger partial charge in [0.2, 0.25) is 0 Å². The minimum atomic E-state index is -0.409. The largest absolute Gasteiger partial charge is 0.387 e. The molecule has 0 saturated carbocycles. The Labute approximate surface area is 70.7 Å². The Bertz CT molecular complexity index is 253. The van der Waals surface area contributed by atoms with Crippen LogP contribution in [0.25, 0.3) is 0 Å². The molecule has 58 valence electrons. The fraction of sp³-hybridized carbons (Fsp3) is 0.333. The number of hydrogen-bond acceptors (Lipinski definition) is 2. The molecular formula is C9H10OS. The van der Waals surface area contributed by atoms with Gasteiger partial charge in [0.15, 0.2) is 0 Å². The lowest BCUT2D eigenvalue weighted by Gasteiger charge is -2.01. The molecule has 0 bridgehead atoms. The molecule has 1 atom stereocenters. The Balaban J connectivity index is 2.53. The highest BCUT2D eigenvalue weighted by molar-refractivity contribution is 7.07. The first kappa shape index (κ1) is 8.32. The van der Waals surface area contributed by atoms with Crippen LogP contribution in [0.4, 0.5) is 0 Å². The number of hydrogen-bond donors (Lipinski definition) is 1. The summed E-state index contributed by atoms with van der Waals surface area (Å²) in [7, 11) is 0. The van der Waals surface area contributed by atoms with Crippen LogP contribution < -0.4 is 0 Å². The van der Waals surface area contributed by atoms with Crippen LogP contribution in [-0.2, 0) is 0 Å². The highest BCUT2D eigenvalue weighted by Crippen LogP contribution is 2.18. The Morgan fingerprint density at radius 3 is 3.09 bits per heavy atom. The molecule has 0 saturated heterocycles. The average Bonchev–Trinajstić information content (AvgIpc) is 2.52. The molecule has 0 amide bonds. The smallest absolute Gasteiger partial charge is 0.0907 e. The molecule has 1 aromatic heterocycles. The fourth-order valence-corrected chi connectivity index (χ4v) is 1.49. The topological polar surface area (TPSA) is 20.2 Å². The van der Waals surface area contributed by atoms with Crippen LogP contribution >= 0.6 is 11.3 Å². The minimum Gasteiger partial charge on any atom is -0.387 e. The van der Waals surface area contributed by atoms with Crippen molar-refractivity contribution < 1.29 is 5.11 Å². The number of aliphatic hydroxyl groups excluding tert-OH is 1. The maximum atomic E-state index is 9.44. The molecule has 0 aliphatic rings. The molecular weight excluding hydrogens is 156 g/mol. The molecule has 1 heterocycles. The Morgan fingerprint density at radius 2 is 2.55 bits per heavy atom. The predicted octanol–water partition coefficient (Wildman–Crippen LogP) is 2.19. The molecule has 1 unspecified atom stereocenters. The van der Waals surface area contributed by atoms with Gasteiger partial charge in [-0.3, -0.25) is 0 Å². The zero-order chi connectivity index (χ0) is 8.10. The molecule has 11 heavy (non-hydrogen) atoms. The molecule has 1 N–H and O–H groups in total. The van der Waals surface area contributed by atoms with Crippen molar-refractivity contribution in [3.8, 4) is 11.8 Å². The molecule has 0 spiro atoms. The highest BCUT2D eigenvalue weighted by atomic mass is 32.1.